The molecule has 2 N–H and O–H groups in total. The molecule has 0 saturated heterocycles. The van der Waals surface area contributed by atoms with Gasteiger partial charge < -0.3 is 10.4 Å². The van der Waals surface area contributed by atoms with Crippen molar-refractivity contribution in [1.29, 1.82) is 0 Å². The third-order valence-corrected chi connectivity index (χ3v) is 4.62. The maximum Gasteiger partial charge on any atom is 0.251 e. The summed E-state index contributed by atoms with van der Waals surface area (Å²) < 4.78 is 0.716. The number of aliphatic hydroxyl groups is 1. The molecule has 1 aliphatic rings. The third-order valence-electron chi connectivity index (χ3n) is 3.40. The van der Waals surface area contributed by atoms with E-state index >= 15 is 0 Å². The topological polar surface area (TPSA) is 49.3 Å². The number of halogens is 2. The molecule has 5 heteroatoms. The Kier molecular flexibility index (Phi) is 4.30. The van der Waals surface area contributed by atoms with Gasteiger partial charge in [0.05, 0.1) is 5.02 Å². The van der Waals surface area contributed by atoms with Crippen LogP contribution in [0.2, 0.25) is 5.02 Å². The summed E-state index contributed by atoms with van der Waals surface area (Å²) in [5.74, 6) is -0.100. The van der Waals surface area contributed by atoms with Crippen LogP contribution in [-0.4, -0.2) is 24.2 Å². The molecule has 1 aromatic rings. The first-order valence-electron chi connectivity index (χ1n) is 5.90. The van der Waals surface area contributed by atoms with Crippen LogP contribution in [0.4, 0.5) is 0 Å². The lowest BCUT2D eigenvalue weighted by Crippen LogP contribution is -2.30. The molecule has 3 nitrogen and oxygen atoms in total. The standard InChI is InChI=1S/C13H15BrClNO2/c14-10-7-9(1-2-11(10)15)12(18)16-8-13(3-4-13)5-6-17/h1-2,7,17H,3-6,8H2,(H,16,18). The lowest BCUT2D eigenvalue weighted by atomic mass is 10.0. The normalized spacial score (nSPS) is 16.4. The minimum Gasteiger partial charge on any atom is -0.396 e. The number of aliphatic hydroxyl groups excluding tert-OH is 1. The van der Waals surface area contributed by atoms with Gasteiger partial charge >= 0.3 is 0 Å². The second-order valence-corrected chi connectivity index (χ2v) is 6.05. The molecule has 0 aromatic heterocycles. The number of amides is 1. The molecule has 0 bridgehead atoms. The molecule has 1 fully saturated rings. The van der Waals surface area contributed by atoms with Crippen molar-refractivity contribution in [3.63, 3.8) is 0 Å². The number of hydrogen-bond acceptors (Lipinski definition) is 2. The van der Waals surface area contributed by atoms with E-state index in [0.29, 0.717) is 21.6 Å². The molecule has 1 amide bonds. The van der Waals surface area contributed by atoms with Gasteiger partial charge in [0.15, 0.2) is 0 Å². The fourth-order valence-corrected chi connectivity index (χ4v) is 2.43. The maximum absolute atomic E-state index is 11.9. The van der Waals surface area contributed by atoms with Gasteiger partial charge in [0.1, 0.15) is 0 Å². The lowest BCUT2D eigenvalue weighted by molar-refractivity contribution is 0.0941. The van der Waals surface area contributed by atoms with Gasteiger partial charge in [-0.25, -0.2) is 0 Å². The molecule has 2 rings (SSSR count). The fraction of sp³-hybridized carbons (Fsp3) is 0.462. The molecule has 0 aliphatic heterocycles. The summed E-state index contributed by atoms with van der Waals surface area (Å²) in [7, 11) is 0. The van der Waals surface area contributed by atoms with Crippen LogP contribution in [0.5, 0.6) is 0 Å². The van der Waals surface area contributed by atoms with Gasteiger partial charge in [-0.05, 0) is 58.8 Å². The summed E-state index contributed by atoms with van der Waals surface area (Å²) in [6.45, 7) is 0.814. The average molecular weight is 333 g/mol. The molecule has 0 heterocycles. The zero-order chi connectivity index (χ0) is 13.2. The van der Waals surface area contributed by atoms with E-state index in [-0.39, 0.29) is 17.9 Å². The van der Waals surface area contributed by atoms with Gasteiger partial charge in [0.2, 0.25) is 0 Å². The van der Waals surface area contributed by atoms with Crippen LogP contribution in [0.3, 0.4) is 0 Å². The highest BCUT2D eigenvalue weighted by Gasteiger charge is 2.41. The number of carbonyl (C=O) groups is 1. The van der Waals surface area contributed by atoms with Gasteiger partial charge in [0.25, 0.3) is 5.91 Å². The van der Waals surface area contributed by atoms with Crippen molar-refractivity contribution in [3.8, 4) is 0 Å². The van der Waals surface area contributed by atoms with E-state index in [4.69, 9.17) is 16.7 Å². The predicted octanol–water partition coefficient (Wildman–Crippen LogP) is 2.99. The molecule has 0 atom stereocenters. The molecule has 1 aromatic carbocycles. The molecule has 1 saturated carbocycles. The zero-order valence-corrected chi connectivity index (χ0v) is 12.2. The Morgan fingerprint density at radius 1 is 1.50 bits per heavy atom. The number of carbonyl (C=O) groups excluding carboxylic acids is 1. The van der Waals surface area contributed by atoms with E-state index in [2.05, 4.69) is 21.2 Å². The quantitative estimate of drug-likeness (QED) is 0.871. The van der Waals surface area contributed by atoms with E-state index in [0.717, 1.165) is 19.3 Å². The Hall–Kier alpha value is -0.580. The van der Waals surface area contributed by atoms with Crippen LogP contribution in [0.25, 0.3) is 0 Å². The van der Waals surface area contributed by atoms with Crippen molar-refractivity contribution < 1.29 is 9.90 Å². The molecule has 98 valence electrons. The molecule has 0 radical (unpaired) electrons. The third kappa shape index (κ3) is 3.25. The number of nitrogens with one attached hydrogen (secondary N) is 1. The number of hydrogen-bond donors (Lipinski definition) is 2. The van der Waals surface area contributed by atoms with Crippen molar-refractivity contribution in [2.75, 3.05) is 13.2 Å². The van der Waals surface area contributed by atoms with Crippen molar-refractivity contribution in [2.45, 2.75) is 19.3 Å². The second kappa shape index (κ2) is 5.59. The SMILES string of the molecule is O=C(NCC1(CCO)CC1)c1ccc(Cl)c(Br)c1. The van der Waals surface area contributed by atoms with E-state index in [1.807, 2.05) is 0 Å². The van der Waals surface area contributed by atoms with Gasteiger partial charge in [-0.2, -0.15) is 0 Å². The van der Waals surface area contributed by atoms with E-state index in [9.17, 15) is 4.79 Å². The van der Waals surface area contributed by atoms with Crippen LogP contribution >= 0.6 is 27.5 Å². The van der Waals surface area contributed by atoms with Crippen LogP contribution in [0, 0.1) is 5.41 Å². The van der Waals surface area contributed by atoms with Crippen LogP contribution < -0.4 is 5.32 Å². The van der Waals surface area contributed by atoms with Crippen molar-refractivity contribution in [3.05, 3.63) is 33.3 Å². The Labute approximate surface area is 120 Å². The number of rotatable bonds is 5. The van der Waals surface area contributed by atoms with E-state index < -0.39 is 0 Å². The average Bonchev–Trinajstić information content (AvgIpc) is 3.11. The minimum atomic E-state index is -0.100. The maximum atomic E-state index is 11.9. The Balaban J connectivity index is 1.93. The molecular formula is C13H15BrClNO2. The van der Waals surface area contributed by atoms with Crippen LogP contribution in [0.1, 0.15) is 29.6 Å². The smallest absolute Gasteiger partial charge is 0.251 e. The molecular weight excluding hydrogens is 318 g/mol. The van der Waals surface area contributed by atoms with Crippen molar-refractivity contribution in [1.82, 2.24) is 5.32 Å². The molecule has 0 unspecified atom stereocenters. The van der Waals surface area contributed by atoms with Crippen molar-refractivity contribution in [2.24, 2.45) is 5.41 Å². The Bertz CT molecular complexity index is 460. The Morgan fingerprint density at radius 2 is 2.22 bits per heavy atom. The van der Waals surface area contributed by atoms with E-state index in [1.54, 1.807) is 18.2 Å². The van der Waals surface area contributed by atoms with Gasteiger partial charge in [-0.15, -0.1) is 0 Å². The molecule has 18 heavy (non-hydrogen) atoms. The highest BCUT2D eigenvalue weighted by Crippen LogP contribution is 2.47. The highest BCUT2D eigenvalue weighted by molar-refractivity contribution is 9.10. The van der Waals surface area contributed by atoms with Gasteiger partial charge in [-0.1, -0.05) is 11.6 Å². The molecule has 1 aliphatic carbocycles. The summed E-state index contributed by atoms with van der Waals surface area (Å²) >= 11 is 9.18. The highest BCUT2D eigenvalue weighted by atomic mass is 79.9. The molecule has 0 spiro atoms. The van der Waals surface area contributed by atoms with Crippen LogP contribution in [0.15, 0.2) is 22.7 Å². The first-order valence-corrected chi connectivity index (χ1v) is 7.08. The van der Waals surface area contributed by atoms with Crippen molar-refractivity contribution >= 4 is 33.4 Å². The summed E-state index contributed by atoms with van der Waals surface area (Å²) in [6, 6.07) is 5.11. The van der Waals surface area contributed by atoms with Crippen LogP contribution in [-0.2, 0) is 0 Å². The lowest BCUT2D eigenvalue weighted by Gasteiger charge is -2.14. The first kappa shape index (κ1) is 13.8. The van der Waals surface area contributed by atoms with Gasteiger partial charge in [0, 0.05) is 23.2 Å². The first-order chi connectivity index (χ1) is 8.56. The summed E-state index contributed by atoms with van der Waals surface area (Å²) in [6.07, 6.45) is 2.92. The van der Waals surface area contributed by atoms with E-state index in [1.165, 1.54) is 0 Å². The predicted molar refractivity (Wildman–Crippen MR) is 74.9 cm³/mol. The van der Waals surface area contributed by atoms with Gasteiger partial charge in [-0.3, -0.25) is 4.79 Å². The summed E-state index contributed by atoms with van der Waals surface area (Å²) in [4.78, 5) is 11.9. The Morgan fingerprint density at radius 3 is 2.78 bits per heavy atom. The minimum absolute atomic E-state index is 0.100. The number of benzene rings is 1. The largest absolute Gasteiger partial charge is 0.396 e. The summed E-state index contributed by atoms with van der Waals surface area (Å²) in [5, 5.41) is 12.5. The fourth-order valence-electron chi connectivity index (χ4n) is 1.94. The monoisotopic (exact) mass is 331 g/mol. The summed E-state index contributed by atoms with van der Waals surface area (Å²) in [5.41, 5.74) is 0.722. The zero-order valence-electron chi connectivity index (χ0n) is 9.88. The second-order valence-electron chi connectivity index (χ2n) is 4.79.